The van der Waals surface area contributed by atoms with E-state index in [1.165, 1.54) is 12.1 Å². The van der Waals surface area contributed by atoms with Gasteiger partial charge in [-0.3, -0.25) is 0 Å². The highest BCUT2D eigenvalue weighted by Crippen LogP contribution is 2.38. The van der Waals surface area contributed by atoms with Crippen molar-refractivity contribution in [2.45, 2.75) is 43.8 Å². The molecule has 2 aromatic carbocycles. The molecule has 0 aliphatic carbocycles. The zero-order chi connectivity index (χ0) is 21.9. The molecule has 30 heavy (non-hydrogen) atoms. The van der Waals surface area contributed by atoms with Crippen LogP contribution in [0.15, 0.2) is 36.4 Å². The van der Waals surface area contributed by atoms with Crippen molar-refractivity contribution in [3.05, 3.63) is 70.5 Å². The molecule has 2 N–H and O–H groups in total. The van der Waals surface area contributed by atoms with Crippen molar-refractivity contribution in [2.24, 2.45) is 5.73 Å². The van der Waals surface area contributed by atoms with E-state index in [4.69, 9.17) is 5.73 Å². The number of rotatable bonds is 6. The molecule has 2 atom stereocenters. The van der Waals surface area contributed by atoms with E-state index in [0.717, 1.165) is 25.1 Å². The van der Waals surface area contributed by atoms with E-state index in [1.54, 1.807) is 6.07 Å². The predicted octanol–water partition coefficient (Wildman–Crippen LogP) is 5.26. The fourth-order valence-electron chi connectivity index (χ4n) is 4.08. The summed E-state index contributed by atoms with van der Waals surface area (Å²) in [6.45, 7) is 1.77. The Kier molecular flexibility index (Phi) is 7.08. The second-order valence-corrected chi connectivity index (χ2v) is 7.84. The summed E-state index contributed by atoms with van der Waals surface area (Å²) >= 11 is 0. The molecule has 1 aliphatic rings. The van der Waals surface area contributed by atoms with Gasteiger partial charge in [-0.2, -0.15) is 13.2 Å². The molecule has 0 bridgehead atoms. The third-order valence-electron chi connectivity index (χ3n) is 5.60. The molecular weight excluding hydrogens is 406 g/mol. The second-order valence-electron chi connectivity index (χ2n) is 7.84. The number of halogens is 6. The van der Waals surface area contributed by atoms with Gasteiger partial charge in [-0.05, 0) is 68.0 Å². The predicted molar refractivity (Wildman–Crippen MR) is 102 cm³/mol. The molecule has 1 aliphatic heterocycles. The molecule has 1 fully saturated rings. The number of hydrogen-bond donors (Lipinski definition) is 1. The zero-order valence-electron chi connectivity index (χ0n) is 16.4. The molecule has 0 aromatic heterocycles. The highest BCUT2D eigenvalue weighted by atomic mass is 19.4. The van der Waals surface area contributed by atoms with Crippen molar-refractivity contribution in [2.75, 3.05) is 19.6 Å². The van der Waals surface area contributed by atoms with Gasteiger partial charge < -0.3 is 10.6 Å². The molecular formula is C22H24F6N2. The van der Waals surface area contributed by atoms with Crippen LogP contribution in [0.3, 0.4) is 0 Å². The van der Waals surface area contributed by atoms with Crippen molar-refractivity contribution >= 4 is 0 Å². The summed E-state index contributed by atoms with van der Waals surface area (Å²) < 4.78 is 80.2. The van der Waals surface area contributed by atoms with Crippen LogP contribution in [0, 0.1) is 17.5 Å². The quantitative estimate of drug-likeness (QED) is 0.500. The standard InChI is InChI=1S/C22H24F6N2/c23-19-12-21(25)20(24)11-15(19)10-16(29)7-9-30-8-3-4-14(13-30)17-5-1-2-6-18(17)22(26,27)28/h1-2,5-6,11-12,14,16H,3-4,7-10,13,29H2/t14?,16-/m0/s1. The highest BCUT2D eigenvalue weighted by molar-refractivity contribution is 5.33. The minimum Gasteiger partial charge on any atom is -0.327 e. The Bertz CT molecular complexity index is 867. The first kappa shape index (κ1) is 22.6. The maximum atomic E-state index is 13.8. The third kappa shape index (κ3) is 5.55. The molecule has 1 unspecified atom stereocenters. The SMILES string of the molecule is N[C@@H](CCN1CCCC(c2ccccc2C(F)(F)F)C1)Cc1cc(F)c(F)cc1F. The smallest absolute Gasteiger partial charge is 0.327 e. The fourth-order valence-corrected chi connectivity index (χ4v) is 4.08. The highest BCUT2D eigenvalue weighted by Gasteiger charge is 2.35. The third-order valence-corrected chi connectivity index (χ3v) is 5.60. The van der Waals surface area contributed by atoms with Crippen LogP contribution >= 0.6 is 0 Å². The van der Waals surface area contributed by atoms with Gasteiger partial charge in [0.2, 0.25) is 0 Å². The van der Waals surface area contributed by atoms with E-state index in [2.05, 4.69) is 4.90 Å². The summed E-state index contributed by atoms with van der Waals surface area (Å²) in [5, 5.41) is 0. The molecule has 0 radical (unpaired) electrons. The summed E-state index contributed by atoms with van der Waals surface area (Å²) in [6.07, 6.45) is -2.43. The van der Waals surface area contributed by atoms with Gasteiger partial charge in [0.25, 0.3) is 0 Å². The Morgan fingerprint density at radius 1 is 1.03 bits per heavy atom. The van der Waals surface area contributed by atoms with Crippen LogP contribution in [-0.4, -0.2) is 30.6 Å². The van der Waals surface area contributed by atoms with Crippen LogP contribution in [0.25, 0.3) is 0 Å². The number of nitrogens with zero attached hydrogens (tertiary/aromatic N) is 1. The van der Waals surface area contributed by atoms with Gasteiger partial charge in [-0.1, -0.05) is 18.2 Å². The van der Waals surface area contributed by atoms with Crippen LogP contribution in [0.2, 0.25) is 0 Å². The number of alkyl halides is 3. The Hall–Kier alpha value is -2.06. The number of benzene rings is 2. The molecule has 2 aromatic rings. The lowest BCUT2D eigenvalue weighted by molar-refractivity contribution is -0.138. The van der Waals surface area contributed by atoms with E-state index in [1.807, 2.05) is 0 Å². The van der Waals surface area contributed by atoms with E-state index in [0.29, 0.717) is 37.6 Å². The minimum atomic E-state index is -4.39. The topological polar surface area (TPSA) is 29.3 Å². The van der Waals surface area contributed by atoms with Crippen LogP contribution in [0.1, 0.15) is 41.9 Å². The summed E-state index contributed by atoms with van der Waals surface area (Å²) in [5.74, 6) is -3.44. The van der Waals surface area contributed by atoms with E-state index < -0.39 is 35.2 Å². The molecule has 0 saturated carbocycles. The van der Waals surface area contributed by atoms with Crippen LogP contribution in [0.5, 0.6) is 0 Å². The lowest BCUT2D eigenvalue weighted by Crippen LogP contribution is -2.38. The molecule has 0 amide bonds. The van der Waals surface area contributed by atoms with E-state index >= 15 is 0 Å². The minimum absolute atomic E-state index is 0.0111. The first-order valence-corrected chi connectivity index (χ1v) is 9.92. The Labute approximate surface area is 171 Å². The number of hydrogen-bond acceptors (Lipinski definition) is 2. The van der Waals surface area contributed by atoms with Crippen molar-refractivity contribution in [1.29, 1.82) is 0 Å². The molecule has 3 rings (SSSR count). The van der Waals surface area contributed by atoms with Crippen molar-refractivity contribution in [3.8, 4) is 0 Å². The van der Waals surface area contributed by atoms with Crippen LogP contribution < -0.4 is 5.73 Å². The van der Waals surface area contributed by atoms with Gasteiger partial charge in [-0.25, -0.2) is 13.2 Å². The van der Waals surface area contributed by atoms with E-state index in [9.17, 15) is 26.3 Å². The molecule has 164 valence electrons. The molecule has 0 spiro atoms. The number of piperidine rings is 1. The molecule has 1 heterocycles. The van der Waals surface area contributed by atoms with Gasteiger partial charge in [-0.15, -0.1) is 0 Å². The maximum absolute atomic E-state index is 13.8. The van der Waals surface area contributed by atoms with Gasteiger partial charge in [0.1, 0.15) is 5.82 Å². The first-order valence-electron chi connectivity index (χ1n) is 9.92. The Morgan fingerprint density at radius 3 is 2.47 bits per heavy atom. The van der Waals surface area contributed by atoms with Crippen molar-refractivity contribution in [3.63, 3.8) is 0 Å². The Morgan fingerprint density at radius 2 is 1.73 bits per heavy atom. The zero-order valence-corrected chi connectivity index (χ0v) is 16.4. The molecule has 1 saturated heterocycles. The van der Waals surface area contributed by atoms with E-state index in [-0.39, 0.29) is 17.9 Å². The lowest BCUT2D eigenvalue weighted by atomic mass is 9.87. The fraction of sp³-hybridized carbons (Fsp3) is 0.455. The Balaban J connectivity index is 1.59. The summed E-state index contributed by atoms with van der Waals surface area (Å²) in [5.41, 5.74) is 5.77. The summed E-state index contributed by atoms with van der Waals surface area (Å²) in [6, 6.07) is 6.50. The average Bonchev–Trinajstić information content (AvgIpc) is 2.70. The number of nitrogens with two attached hydrogens (primary N) is 1. The summed E-state index contributed by atoms with van der Waals surface area (Å²) in [7, 11) is 0. The first-order chi connectivity index (χ1) is 14.1. The summed E-state index contributed by atoms with van der Waals surface area (Å²) in [4.78, 5) is 2.06. The monoisotopic (exact) mass is 430 g/mol. The maximum Gasteiger partial charge on any atom is 0.416 e. The normalized spacial score (nSPS) is 19.1. The molecule has 2 nitrogen and oxygen atoms in total. The van der Waals surface area contributed by atoms with Crippen molar-refractivity contribution in [1.82, 2.24) is 4.90 Å². The van der Waals surface area contributed by atoms with Gasteiger partial charge >= 0.3 is 6.18 Å². The lowest BCUT2D eigenvalue weighted by Gasteiger charge is -2.34. The average molecular weight is 430 g/mol. The second kappa shape index (κ2) is 9.39. The molecule has 8 heteroatoms. The van der Waals surface area contributed by atoms with Gasteiger partial charge in [0.05, 0.1) is 5.56 Å². The largest absolute Gasteiger partial charge is 0.416 e. The van der Waals surface area contributed by atoms with Crippen LogP contribution in [0.4, 0.5) is 26.3 Å². The van der Waals surface area contributed by atoms with Crippen LogP contribution in [-0.2, 0) is 12.6 Å². The van der Waals surface area contributed by atoms with Gasteiger partial charge in [0.15, 0.2) is 11.6 Å². The van der Waals surface area contributed by atoms with Gasteiger partial charge in [0, 0.05) is 18.7 Å². The van der Waals surface area contributed by atoms with Crippen molar-refractivity contribution < 1.29 is 26.3 Å². The number of likely N-dealkylation sites (tertiary alicyclic amines) is 1.